The molecule has 0 unspecified atom stereocenters. The molecule has 0 radical (unpaired) electrons. The third-order valence-electron chi connectivity index (χ3n) is 5.09. The van der Waals surface area contributed by atoms with Crippen LogP contribution in [0.2, 0.25) is 0 Å². The fraction of sp³-hybridized carbons (Fsp3) is 0.609. The molecule has 1 aromatic carbocycles. The zero-order chi connectivity index (χ0) is 22.3. The van der Waals surface area contributed by atoms with Crippen LogP contribution in [0.5, 0.6) is 0 Å². The van der Waals surface area contributed by atoms with Gasteiger partial charge in [-0.25, -0.2) is 4.79 Å². The molecular formula is C23H34N2O5. The lowest BCUT2D eigenvalue weighted by Crippen LogP contribution is -2.44. The van der Waals surface area contributed by atoms with E-state index in [-0.39, 0.29) is 23.8 Å². The summed E-state index contributed by atoms with van der Waals surface area (Å²) in [6.07, 6.45) is -0.228. The van der Waals surface area contributed by atoms with Crippen LogP contribution in [0.1, 0.15) is 58.9 Å². The summed E-state index contributed by atoms with van der Waals surface area (Å²) in [5.74, 6) is -0.854. The highest BCUT2D eigenvalue weighted by Gasteiger charge is 2.32. The Morgan fingerprint density at radius 1 is 1.10 bits per heavy atom. The Morgan fingerprint density at radius 2 is 1.70 bits per heavy atom. The van der Waals surface area contributed by atoms with E-state index < -0.39 is 17.7 Å². The van der Waals surface area contributed by atoms with E-state index in [1.807, 2.05) is 58.0 Å². The number of ether oxygens (including phenoxy) is 2. The zero-order valence-corrected chi connectivity index (χ0v) is 18.6. The number of benzene rings is 1. The summed E-state index contributed by atoms with van der Waals surface area (Å²) >= 11 is 0. The Balaban J connectivity index is 1.74. The van der Waals surface area contributed by atoms with Crippen molar-refractivity contribution >= 4 is 18.0 Å². The predicted octanol–water partition coefficient (Wildman–Crippen LogP) is 3.49. The zero-order valence-electron chi connectivity index (χ0n) is 18.6. The molecule has 2 atom stereocenters. The number of hydrogen-bond acceptors (Lipinski definition) is 5. The van der Waals surface area contributed by atoms with E-state index in [2.05, 4.69) is 5.32 Å². The van der Waals surface area contributed by atoms with Crippen LogP contribution in [-0.2, 0) is 19.1 Å². The number of carbonyl (C=O) groups excluding carboxylic acids is 3. The van der Waals surface area contributed by atoms with E-state index >= 15 is 0 Å². The Bertz CT molecular complexity index is 721. The molecule has 1 saturated heterocycles. The van der Waals surface area contributed by atoms with Gasteiger partial charge in [-0.2, -0.15) is 0 Å². The summed E-state index contributed by atoms with van der Waals surface area (Å²) in [5.41, 5.74) is 0.590. The van der Waals surface area contributed by atoms with Gasteiger partial charge >= 0.3 is 12.1 Å². The van der Waals surface area contributed by atoms with Gasteiger partial charge in [-0.1, -0.05) is 37.3 Å². The minimum atomic E-state index is -0.857. The summed E-state index contributed by atoms with van der Waals surface area (Å²) in [6.45, 7) is 10.4. The van der Waals surface area contributed by atoms with Crippen LogP contribution in [0.4, 0.5) is 4.79 Å². The minimum Gasteiger partial charge on any atom is -0.452 e. The summed E-state index contributed by atoms with van der Waals surface area (Å²) in [5, 5.41) is 2.85. The maximum atomic E-state index is 12.4. The highest BCUT2D eigenvalue weighted by molar-refractivity contribution is 5.84. The van der Waals surface area contributed by atoms with Crippen molar-refractivity contribution in [3.63, 3.8) is 0 Å². The van der Waals surface area contributed by atoms with E-state index in [1.165, 1.54) is 0 Å². The molecule has 0 bridgehead atoms. The Hall–Kier alpha value is -2.57. The van der Waals surface area contributed by atoms with Crippen LogP contribution in [0.25, 0.3) is 0 Å². The number of esters is 1. The van der Waals surface area contributed by atoms with Gasteiger partial charge in [0.05, 0.1) is 5.92 Å². The molecule has 7 heteroatoms. The number of nitrogens with zero attached hydrogens (tertiary/aromatic N) is 1. The lowest BCUT2D eigenvalue weighted by atomic mass is 9.97. The number of hydrogen-bond donors (Lipinski definition) is 1. The van der Waals surface area contributed by atoms with Crippen molar-refractivity contribution in [2.45, 2.75) is 65.1 Å². The molecule has 2 amide bonds. The van der Waals surface area contributed by atoms with Crippen LogP contribution in [0.3, 0.4) is 0 Å². The first-order valence-electron chi connectivity index (χ1n) is 10.6. The standard InChI is InChI=1S/C23H34N2O5/c1-16(18-9-7-6-8-10-18)15-24-20(26)17(2)29-21(27)19-11-13-25(14-12-19)22(28)30-23(3,4)5/h6-10,16-17,19H,11-15H2,1-5H3,(H,24,26)/t16-,17-/m1/s1. The number of carbonyl (C=O) groups is 3. The molecule has 30 heavy (non-hydrogen) atoms. The van der Waals surface area contributed by atoms with Crippen molar-refractivity contribution in [2.75, 3.05) is 19.6 Å². The summed E-state index contributed by atoms with van der Waals surface area (Å²) in [6, 6.07) is 9.92. The molecule has 1 aliphatic rings. The number of likely N-dealkylation sites (tertiary alicyclic amines) is 1. The fourth-order valence-corrected chi connectivity index (χ4v) is 3.25. The Labute approximate surface area is 179 Å². The molecule has 1 fully saturated rings. The smallest absolute Gasteiger partial charge is 0.410 e. The van der Waals surface area contributed by atoms with Gasteiger partial charge in [0.1, 0.15) is 5.60 Å². The molecule has 0 saturated carbocycles. The molecule has 1 aromatic rings. The van der Waals surface area contributed by atoms with Crippen molar-refractivity contribution in [1.29, 1.82) is 0 Å². The molecule has 1 heterocycles. The lowest BCUT2D eigenvalue weighted by Gasteiger charge is -2.32. The largest absolute Gasteiger partial charge is 0.452 e. The quantitative estimate of drug-likeness (QED) is 0.715. The third-order valence-corrected chi connectivity index (χ3v) is 5.09. The number of piperidine rings is 1. The summed E-state index contributed by atoms with van der Waals surface area (Å²) < 4.78 is 10.7. The first-order valence-corrected chi connectivity index (χ1v) is 10.6. The maximum absolute atomic E-state index is 12.4. The molecule has 0 aromatic heterocycles. The highest BCUT2D eigenvalue weighted by atomic mass is 16.6. The van der Waals surface area contributed by atoms with Crippen molar-refractivity contribution < 1.29 is 23.9 Å². The molecule has 0 aliphatic carbocycles. The topological polar surface area (TPSA) is 84.9 Å². The van der Waals surface area contributed by atoms with E-state index in [0.29, 0.717) is 32.5 Å². The van der Waals surface area contributed by atoms with Gasteiger partial charge in [0.15, 0.2) is 6.10 Å². The van der Waals surface area contributed by atoms with Crippen molar-refractivity contribution in [2.24, 2.45) is 5.92 Å². The SMILES string of the molecule is C[C@H](CNC(=O)[C@@H](C)OC(=O)C1CCN(C(=O)OC(C)(C)C)CC1)c1ccccc1. The Kier molecular flexibility index (Phi) is 8.26. The maximum Gasteiger partial charge on any atom is 0.410 e. The van der Waals surface area contributed by atoms with Gasteiger partial charge in [0.25, 0.3) is 5.91 Å². The van der Waals surface area contributed by atoms with Gasteiger partial charge < -0.3 is 19.7 Å². The molecule has 0 spiro atoms. The lowest BCUT2D eigenvalue weighted by molar-refractivity contribution is -0.160. The van der Waals surface area contributed by atoms with E-state index in [0.717, 1.165) is 5.56 Å². The van der Waals surface area contributed by atoms with E-state index in [1.54, 1.807) is 11.8 Å². The monoisotopic (exact) mass is 418 g/mol. The summed E-state index contributed by atoms with van der Waals surface area (Å²) in [7, 11) is 0. The van der Waals surface area contributed by atoms with Gasteiger partial charge in [-0.3, -0.25) is 9.59 Å². The second kappa shape index (κ2) is 10.5. The summed E-state index contributed by atoms with van der Waals surface area (Å²) in [4.78, 5) is 38.5. The minimum absolute atomic E-state index is 0.162. The van der Waals surface area contributed by atoms with Crippen LogP contribution in [-0.4, -0.2) is 54.2 Å². The second-order valence-electron chi connectivity index (χ2n) is 8.88. The van der Waals surface area contributed by atoms with E-state index in [9.17, 15) is 14.4 Å². The third kappa shape index (κ3) is 7.35. The molecule has 166 valence electrons. The van der Waals surface area contributed by atoms with Gasteiger partial charge in [-0.15, -0.1) is 0 Å². The van der Waals surface area contributed by atoms with Crippen LogP contribution in [0, 0.1) is 5.92 Å². The first-order chi connectivity index (χ1) is 14.1. The van der Waals surface area contributed by atoms with Gasteiger partial charge in [0.2, 0.25) is 0 Å². The molecule has 2 rings (SSSR count). The molecule has 1 N–H and O–H groups in total. The van der Waals surface area contributed by atoms with Crippen molar-refractivity contribution in [1.82, 2.24) is 10.2 Å². The van der Waals surface area contributed by atoms with Crippen molar-refractivity contribution in [3.05, 3.63) is 35.9 Å². The molecule has 1 aliphatic heterocycles. The number of nitrogens with one attached hydrogen (secondary N) is 1. The van der Waals surface area contributed by atoms with Gasteiger partial charge in [-0.05, 0) is 52.0 Å². The second-order valence-corrected chi connectivity index (χ2v) is 8.88. The highest BCUT2D eigenvalue weighted by Crippen LogP contribution is 2.21. The average molecular weight is 419 g/mol. The number of rotatable bonds is 6. The Morgan fingerprint density at radius 3 is 2.27 bits per heavy atom. The van der Waals surface area contributed by atoms with E-state index in [4.69, 9.17) is 9.47 Å². The van der Waals surface area contributed by atoms with Crippen LogP contribution in [0.15, 0.2) is 30.3 Å². The first kappa shape index (κ1) is 23.7. The van der Waals surface area contributed by atoms with Crippen LogP contribution >= 0.6 is 0 Å². The molecular weight excluding hydrogens is 384 g/mol. The van der Waals surface area contributed by atoms with Gasteiger partial charge in [0, 0.05) is 19.6 Å². The van der Waals surface area contributed by atoms with Crippen molar-refractivity contribution in [3.8, 4) is 0 Å². The number of amides is 2. The average Bonchev–Trinajstić information content (AvgIpc) is 2.71. The molecule has 7 nitrogen and oxygen atoms in total. The van der Waals surface area contributed by atoms with Crippen LogP contribution < -0.4 is 5.32 Å². The normalized spacial score (nSPS) is 17.0. The predicted molar refractivity (Wildman–Crippen MR) is 114 cm³/mol. The fourth-order valence-electron chi connectivity index (χ4n) is 3.25.